The number of rotatable bonds is 3. The molecule has 6 nitrogen and oxygen atoms in total. The highest BCUT2D eigenvalue weighted by Gasteiger charge is 2.36. The summed E-state index contributed by atoms with van der Waals surface area (Å²) in [4.78, 5) is 32.5. The number of amides is 2. The fourth-order valence-electron chi connectivity index (χ4n) is 5.13. The molecule has 2 fully saturated rings. The number of fused-ring (bicyclic) bond motifs is 5. The van der Waals surface area contributed by atoms with Gasteiger partial charge in [0.25, 0.3) is 0 Å². The topological polar surface area (TPSA) is 66.7 Å². The molecule has 1 aliphatic heterocycles. The van der Waals surface area contributed by atoms with Crippen LogP contribution in [-0.2, 0) is 9.59 Å². The maximum atomic E-state index is 13.4. The molecule has 1 aliphatic carbocycles. The number of carbonyl (C=O) groups is 2. The molecule has 1 N–H and O–H groups in total. The van der Waals surface area contributed by atoms with Crippen molar-refractivity contribution in [3.8, 4) is 0 Å². The maximum Gasteiger partial charge on any atom is 0.227 e. The zero-order valence-electron chi connectivity index (χ0n) is 18.2. The van der Waals surface area contributed by atoms with Gasteiger partial charge in [-0.1, -0.05) is 36.4 Å². The van der Waals surface area contributed by atoms with Gasteiger partial charge in [0.15, 0.2) is 0 Å². The number of piperidine rings is 1. The molecule has 1 saturated carbocycles. The summed E-state index contributed by atoms with van der Waals surface area (Å²) in [6, 6.07) is 16.2. The second-order valence-electron chi connectivity index (χ2n) is 9.12. The second-order valence-corrected chi connectivity index (χ2v) is 9.12. The van der Waals surface area contributed by atoms with Crippen LogP contribution in [0.25, 0.3) is 27.3 Å². The van der Waals surface area contributed by atoms with Crippen LogP contribution in [0.15, 0.2) is 48.5 Å². The molecular weight excluding hydrogens is 400 g/mol. The summed E-state index contributed by atoms with van der Waals surface area (Å²) in [5, 5.41) is 5.32. The standard InChI is InChI=1S/C26H26N4O2/c1-16-27-21-8-4-2-6-19(21)24-23(20-7-3-5-9-22(20)30(16)24)28-25(31)17-12-14-29(15-13-17)26(32)18-10-11-18/h2-9,17-18H,10-15H2,1H3,(H,28,31). The molecule has 2 aliphatic rings. The molecule has 0 radical (unpaired) electrons. The van der Waals surface area contributed by atoms with Gasteiger partial charge in [0.2, 0.25) is 11.8 Å². The number of nitrogens with one attached hydrogen (secondary N) is 1. The van der Waals surface area contributed by atoms with E-state index in [-0.39, 0.29) is 23.7 Å². The first-order chi connectivity index (χ1) is 15.6. The Morgan fingerprint density at radius 1 is 0.906 bits per heavy atom. The van der Waals surface area contributed by atoms with Gasteiger partial charge in [0.1, 0.15) is 5.82 Å². The van der Waals surface area contributed by atoms with E-state index in [1.807, 2.05) is 42.2 Å². The summed E-state index contributed by atoms with van der Waals surface area (Å²) in [6.45, 7) is 3.36. The predicted octanol–water partition coefficient (Wildman–Crippen LogP) is 4.54. The largest absolute Gasteiger partial charge is 0.342 e. The molecular formula is C26H26N4O2. The van der Waals surface area contributed by atoms with E-state index in [4.69, 9.17) is 4.98 Å². The second kappa shape index (κ2) is 7.33. The molecule has 2 aromatic carbocycles. The number of aromatic nitrogens is 2. The van der Waals surface area contributed by atoms with Gasteiger partial charge in [0, 0.05) is 35.7 Å². The first-order valence-electron chi connectivity index (χ1n) is 11.5. The zero-order valence-corrected chi connectivity index (χ0v) is 18.2. The molecule has 0 unspecified atom stereocenters. The Bertz CT molecular complexity index is 1380. The lowest BCUT2D eigenvalue weighted by Crippen LogP contribution is -2.42. The minimum atomic E-state index is -0.0823. The fraction of sp³-hybridized carbons (Fsp3) is 0.346. The van der Waals surface area contributed by atoms with Crippen LogP contribution in [0.1, 0.15) is 31.5 Å². The van der Waals surface area contributed by atoms with Crippen molar-refractivity contribution >= 4 is 44.8 Å². The monoisotopic (exact) mass is 426 g/mol. The molecule has 32 heavy (non-hydrogen) atoms. The summed E-state index contributed by atoms with van der Waals surface area (Å²) in [5.41, 5.74) is 3.80. The van der Waals surface area contributed by atoms with E-state index in [2.05, 4.69) is 27.9 Å². The van der Waals surface area contributed by atoms with Crippen LogP contribution in [0.3, 0.4) is 0 Å². The molecule has 0 spiro atoms. The molecule has 4 aromatic rings. The van der Waals surface area contributed by atoms with Gasteiger partial charge >= 0.3 is 0 Å². The van der Waals surface area contributed by atoms with E-state index in [9.17, 15) is 9.59 Å². The molecule has 2 amide bonds. The quantitative estimate of drug-likeness (QED) is 0.523. The molecule has 6 heteroatoms. The Morgan fingerprint density at radius 3 is 2.34 bits per heavy atom. The minimum Gasteiger partial charge on any atom is -0.342 e. The lowest BCUT2D eigenvalue weighted by atomic mass is 9.95. The van der Waals surface area contributed by atoms with Crippen molar-refractivity contribution in [1.29, 1.82) is 0 Å². The van der Waals surface area contributed by atoms with E-state index < -0.39 is 0 Å². The van der Waals surface area contributed by atoms with Crippen molar-refractivity contribution in [3.05, 3.63) is 54.4 Å². The van der Waals surface area contributed by atoms with Crippen LogP contribution in [0.5, 0.6) is 0 Å². The summed E-state index contributed by atoms with van der Waals surface area (Å²) < 4.78 is 2.14. The molecule has 6 rings (SSSR count). The molecule has 0 atom stereocenters. The average Bonchev–Trinajstić information content (AvgIpc) is 3.62. The van der Waals surface area contributed by atoms with Crippen LogP contribution in [0.2, 0.25) is 0 Å². The lowest BCUT2D eigenvalue weighted by Gasteiger charge is -2.31. The normalized spacial score (nSPS) is 17.3. The first-order valence-corrected chi connectivity index (χ1v) is 11.5. The SMILES string of the molecule is Cc1nc2ccccc2c2c(NC(=O)C3CCN(C(=O)C4CC4)CC3)c3ccccc3n12. The number of anilines is 1. The van der Waals surface area contributed by atoms with Crippen LogP contribution in [-0.4, -0.2) is 39.2 Å². The molecule has 2 aromatic heterocycles. The lowest BCUT2D eigenvalue weighted by molar-refractivity contribution is -0.135. The zero-order chi connectivity index (χ0) is 21.8. The highest BCUT2D eigenvalue weighted by Crippen LogP contribution is 2.37. The number of hydrogen-bond acceptors (Lipinski definition) is 3. The molecule has 162 valence electrons. The van der Waals surface area contributed by atoms with Crippen LogP contribution in [0, 0.1) is 18.8 Å². The third-order valence-electron chi connectivity index (χ3n) is 6.99. The van der Waals surface area contributed by atoms with Gasteiger partial charge in [-0.2, -0.15) is 0 Å². The Labute approximate surface area is 186 Å². The van der Waals surface area contributed by atoms with E-state index in [0.717, 1.165) is 64.5 Å². The number of benzene rings is 2. The van der Waals surface area contributed by atoms with Crippen molar-refractivity contribution < 1.29 is 9.59 Å². The van der Waals surface area contributed by atoms with Crippen molar-refractivity contribution in [3.63, 3.8) is 0 Å². The van der Waals surface area contributed by atoms with Crippen LogP contribution < -0.4 is 5.32 Å². The van der Waals surface area contributed by atoms with Gasteiger partial charge in [-0.05, 0) is 44.7 Å². The predicted molar refractivity (Wildman–Crippen MR) is 126 cm³/mol. The maximum absolute atomic E-state index is 13.4. The number of nitrogens with zero attached hydrogens (tertiary/aromatic N) is 3. The van der Waals surface area contributed by atoms with Gasteiger partial charge in [-0.3, -0.25) is 14.0 Å². The Morgan fingerprint density at radius 2 is 1.59 bits per heavy atom. The highest BCUT2D eigenvalue weighted by atomic mass is 16.2. The van der Waals surface area contributed by atoms with Gasteiger partial charge in [-0.15, -0.1) is 0 Å². The summed E-state index contributed by atoms with van der Waals surface area (Å²) in [7, 11) is 0. The Kier molecular flexibility index (Phi) is 4.42. The highest BCUT2D eigenvalue weighted by molar-refractivity contribution is 6.16. The number of likely N-dealkylation sites (tertiary alicyclic amines) is 1. The molecule has 3 heterocycles. The summed E-state index contributed by atoms with van der Waals surface area (Å²) >= 11 is 0. The fourth-order valence-corrected chi connectivity index (χ4v) is 5.13. The molecule has 0 bridgehead atoms. The number of hydrogen-bond donors (Lipinski definition) is 1. The summed E-state index contributed by atoms with van der Waals surface area (Å²) in [5.74, 6) is 1.37. The van der Waals surface area contributed by atoms with E-state index in [1.165, 1.54) is 0 Å². The third kappa shape index (κ3) is 3.05. The van der Waals surface area contributed by atoms with Crippen LogP contribution >= 0.6 is 0 Å². The van der Waals surface area contributed by atoms with Crippen LogP contribution in [0.4, 0.5) is 5.69 Å². The van der Waals surface area contributed by atoms with Crippen molar-refractivity contribution in [2.24, 2.45) is 11.8 Å². The number of aryl methyl sites for hydroxylation is 1. The Balaban J connectivity index is 1.37. The van der Waals surface area contributed by atoms with Crippen molar-refractivity contribution in [2.75, 3.05) is 18.4 Å². The first kappa shape index (κ1) is 19.3. The van der Waals surface area contributed by atoms with E-state index in [1.54, 1.807) is 0 Å². The average molecular weight is 427 g/mol. The Hall–Kier alpha value is -3.41. The van der Waals surface area contributed by atoms with Crippen molar-refractivity contribution in [2.45, 2.75) is 32.6 Å². The van der Waals surface area contributed by atoms with Gasteiger partial charge < -0.3 is 10.2 Å². The minimum absolute atomic E-state index is 0.0420. The number of para-hydroxylation sites is 2. The number of carbonyl (C=O) groups excluding carboxylic acids is 2. The van der Waals surface area contributed by atoms with Gasteiger partial charge in [-0.25, -0.2) is 4.98 Å². The van der Waals surface area contributed by atoms with E-state index >= 15 is 0 Å². The smallest absolute Gasteiger partial charge is 0.227 e. The van der Waals surface area contributed by atoms with Crippen molar-refractivity contribution in [1.82, 2.24) is 14.3 Å². The van der Waals surface area contributed by atoms with E-state index in [0.29, 0.717) is 13.1 Å². The molecule has 1 saturated heterocycles. The van der Waals surface area contributed by atoms with Gasteiger partial charge in [0.05, 0.1) is 22.2 Å². The summed E-state index contributed by atoms with van der Waals surface area (Å²) in [6.07, 6.45) is 3.48. The third-order valence-corrected chi connectivity index (χ3v) is 6.99.